The minimum absolute atomic E-state index is 0.320. The summed E-state index contributed by atoms with van der Waals surface area (Å²) in [6.45, 7) is 6.53. The second kappa shape index (κ2) is 5.43. The minimum atomic E-state index is 0.320. The molecule has 2 aromatic heterocycles. The molecule has 0 spiro atoms. The number of nitrogens with zero attached hydrogens (tertiary/aromatic N) is 1. The number of aryl methyl sites for hydroxylation is 1. The van der Waals surface area contributed by atoms with Crippen LogP contribution in [0, 0.1) is 6.92 Å². The average Bonchev–Trinajstić information content (AvgIpc) is 2.77. The Kier molecular flexibility index (Phi) is 3.92. The van der Waals surface area contributed by atoms with Gasteiger partial charge in [-0.25, -0.2) is 0 Å². The molecule has 0 amide bonds. The lowest BCUT2D eigenvalue weighted by molar-refractivity contribution is 0.499. The molecule has 17 heavy (non-hydrogen) atoms. The van der Waals surface area contributed by atoms with Crippen LogP contribution in [-0.4, -0.2) is 4.98 Å². The summed E-state index contributed by atoms with van der Waals surface area (Å²) < 4.78 is 0. The van der Waals surface area contributed by atoms with E-state index in [1.807, 2.05) is 29.8 Å². The van der Waals surface area contributed by atoms with Crippen LogP contribution in [0.15, 0.2) is 36.7 Å². The molecule has 90 valence electrons. The van der Waals surface area contributed by atoms with Crippen molar-refractivity contribution < 1.29 is 0 Å². The van der Waals surface area contributed by atoms with Crippen molar-refractivity contribution >= 4 is 11.3 Å². The van der Waals surface area contributed by atoms with Crippen molar-refractivity contribution in [1.29, 1.82) is 0 Å². The lowest BCUT2D eigenvalue weighted by Gasteiger charge is -2.19. The molecule has 2 atom stereocenters. The van der Waals surface area contributed by atoms with Crippen molar-refractivity contribution in [1.82, 2.24) is 10.3 Å². The topological polar surface area (TPSA) is 24.9 Å². The molecule has 2 aromatic rings. The van der Waals surface area contributed by atoms with Crippen LogP contribution in [0.1, 0.15) is 41.2 Å². The summed E-state index contributed by atoms with van der Waals surface area (Å²) in [5.74, 6) is 0. The second-order valence-electron chi connectivity index (χ2n) is 4.34. The molecule has 0 aliphatic rings. The standard InChI is InChI=1S/C14H18N2S/c1-10-6-7-14(17-10)12(3)16-11(2)13-5-4-8-15-9-13/h4-9,11-12,16H,1-3H3. The second-order valence-corrected chi connectivity index (χ2v) is 5.66. The maximum Gasteiger partial charge on any atom is 0.0391 e. The van der Waals surface area contributed by atoms with E-state index in [4.69, 9.17) is 0 Å². The van der Waals surface area contributed by atoms with Crippen LogP contribution in [0.3, 0.4) is 0 Å². The number of rotatable bonds is 4. The fourth-order valence-electron chi connectivity index (χ4n) is 1.87. The first-order valence-electron chi connectivity index (χ1n) is 5.89. The van der Waals surface area contributed by atoms with Gasteiger partial charge in [-0.05, 0) is 44.5 Å². The van der Waals surface area contributed by atoms with Crippen molar-refractivity contribution in [2.75, 3.05) is 0 Å². The quantitative estimate of drug-likeness (QED) is 0.886. The Morgan fingerprint density at radius 2 is 2.00 bits per heavy atom. The summed E-state index contributed by atoms with van der Waals surface area (Å²) in [6, 6.07) is 9.16. The van der Waals surface area contributed by atoms with Crippen molar-refractivity contribution in [2.24, 2.45) is 0 Å². The van der Waals surface area contributed by atoms with Gasteiger partial charge in [-0.15, -0.1) is 11.3 Å². The van der Waals surface area contributed by atoms with Crippen LogP contribution in [0.5, 0.6) is 0 Å². The number of thiophene rings is 1. The Labute approximate surface area is 107 Å². The van der Waals surface area contributed by atoms with Gasteiger partial charge in [0.05, 0.1) is 0 Å². The van der Waals surface area contributed by atoms with Gasteiger partial charge in [-0.1, -0.05) is 6.07 Å². The molecule has 0 aromatic carbocycles. The van der Waals surface area contributed by atoms with Crippen LogP contribution in [-0.2, 0) is 0 Å². The molecule has 0 radical (unpaired) electrons. The Morgan fingerprint density at radius 1 is 1.18 bits per heavy atom. The predicted molar refractivity (Wildman–Crippen MR) is 73.3 cm³/mol. The fourth-order valence-corrected chi connectivity index (χ4v) is 2.76. The van der Waals surface area contributed by atoms with E-state index in [0.717, 1.165) is 0 Å². The largest absolute Gasteiger partial charge is 0.303 e. The molecular weight excluding hydrogens is 228 g/mol. The van der Waals surface area contributed by atoms with E-state index in [2.05, 4.69) is 49.3 Å². The monoisotopic (exact) mass is 246 g/mol. The molecular formula is C14H18N2S. The van der Waals surface area contributed by atoms with E-state index in [1.54, 1.807) is 0 Å². The molecule has 1 N–H and O–H groups in total. The molecule has 0 saturated heterocycles. The van der Waals surface area contributed by atoms with Gasteiger partial charge in [0.25, 0.3) is 0 Å². The van der Waals surface area contributed by atoms with Gasteiger partial charge in [0.1, 0.15) is 0 Å². The van der Waals surface area contributed by atoms with Crippen molar-refractivity contribution in [2.45, 2.75) is 32.9 Å². The highest BCUT2D eigenvalue weighted by molar-refractivity contribution is 7.12. The SMILES string of the molecule is Cc1ccc(C(C)NC(C)c2cccnc2)s1. The molecule has 0 fully saturated rings. The zero-order valence-corrected chi connectivity index (χ0v) is 11.3. The molecule has 2 unspecified atom stereocenters. The molecule has 0 saturated carbocycles. The first kappa shape index (κ1) is 12.3. The summed E-state index contributed by atoms with van der Waals surface area (Å²) in [4.78, 5) is 6.90. The number of nitrogens with one attached hydrogen (secondary N) is 1. The predicted octanol–water partition coefficient (Wildman–Crippen LogP) is 3.86. The minimum Gasteiger partial charge on any atom is -0.303 e. The third-order valence-corrected chi connectivity index (χ3v) is 4.06. The van der Waals surface area contributed by atoms with Gasteiger partial charge in [-0.3, -0.25) is 4.98 Å². The lowest BCUT2D eigenvalue weighted by Crippen LogP contribution is -2.21. The van der Waals surface area contributed by atoms with Crippen LogP contribution in [0.2, 0.25) is 0 Å². The molecule has 2 heterocycles. The summed E-state index contributed by atoms with van der Waals surface area (Å²) in [6.07, 6.45) is 3.73. The van der Waals surface area contributed by atoms with Crippen LogP contribution in [0.4, 0.5) is 0 Å². The van der Waals surface area contributed by atoms with Gasteiger partial charge < -0.3 is 5.32 Å². The zero-order chi connectivity index (χ0) is 12.3. The smallest absolute Gasteiger partial charge is 0.0391 e. The van der Waals surface area contributed by atoms with E-state index in [9.17, 15) is 0 Å². The van der Waals surface area contributed by atoms with Gasteiger partial charge >= 0.3 is 0 Å². The van der Waals surface area contributed by atoms with Crippen molar-refractivity contribution in [3.63, 3.8) is 0 Å². The Balaban J connectivity index is 2.02. The maximum absolute atomic E-state index is 4.15. The summed E-state index contributed by atoms with van der Waals surface area (Å²) in [7, 11) is 0. The van der Waals surface area contributed by atoms with Crippen molar-refractivity contribution in [3.8, 4) is 0 Å². The van der Waals surface area contributed by atoms with E-state index < -0.39 is 0 Å². The summed E-state index contributed by atoms with van der Waals surface area (Å²) in [5, 5.41) is 3.60. The number of hydrogen-bond acceptors (Lipinski definition) is 3. The molecule has 2 nitrogen and oxygen atoms in total. The number of pyridine rings is 1. The van der Waals surface area contributed by atoms with Crippen LogP contribution in [0.25, 0.3) is 0 Å². The fraction of sp³-hybridized carbons (Fsp3) is 0.357. The third-order valence-electron chi connectivity index (χ3n) is 2.87. The normalized spacial score (nSPS) is 14.5. The van der Waals surface area contributed by atoms with Crippen LogP contribution >= 0.6 is 11.3 Å². The van der Waals surface area contributed by atoms with E-state index in [-0.39, 0.29) is 0 Å². The molecule has 0 aliphatic heterocycles. The Morgan fingerprint density at radius 3 is 2.59 bits per heavy atom. The Hall–Kier alpha value is -1.19. The molecule has 3 heteroatoms. The average molecular weight is 246 g/mol. The van der Waals surface area contributed by atoms with Gasteiger partial charge in [0.15, 0.2) is 0 Å². The first-order chi connectivity index (χ1) is 8.16. The van der Waals surface area contributed by atoms with Gasteiger partial charge in [-0.2, -0.15) is 0 Å². The lowest BCUT2D eigenvalue weighted by atomic mass is 10.1. The Bertz CT molecular complexity index is 464. The molecule has 0 bridgehead atoms. The van der Waals surface area contributed by atoms with Gasteiger partial charge in [0.2, 0.25) is 0 Å². The molecule has 2 rings (SSSR count). The van der Waals surface area contributed by atoms with Gasteiger partial charge in [0, 0.05) is 34.2 Å². The summed E-state index contributed by atoms with van der Waals surface area (Å²) >= 11 is 1.85. The first-order valence-corrected chi connectivity index (χ1v) is 6.71. The highest BCUT2D eigenvalue weighted by Gasteiger charge is 2.12. The highest BCUT2D eigenvalue weighted by atomic mass is 32.1. The van der Waals surface area contributed by atoms with E-state index in [0.29, 0.717) is 12.1 Å². The number of aromatic nitrogens is 1. The van der Waals surface area contributed by atoms with Crippen molar-refractivity contribution in [3.05, 3.63) is 52.0 Å². The number of hydrogen-bond donors (Lipinski definition) is 1. The summed E-state index contributed by atoms with van der Waals surface area (Å²) in [5.41, 5.74) is 1.23. The van der Waals surface area contributed by atoms with Crippen LogP contribution < -0.4 is 5.32 Å². The highest BCUT2D eigenvalue weighted by Crippen LogP contribution is 2.24. The third kappa shape index (κ3) is 3.14. The maximum atomic E-state index is 4.15. The van der Waals surface area contributed by atoms with E-state index in [1.165, 1.54) is 15.3 Å². The zero-order valence-electron chi connectivity index (χ0n) is 10.5. The molecule has 0 aliphatic carbocycles. The van der Waals surface area contributed by atoms with E-state index >= 15 is 0 Å².